The van der Waals surface area contributed by atoms with Crippen LogP contribution in [0.3, 0.4) is 0 Å². The Kier molecular flexibility index (Phi) is 7.19. The van der Waals surface area contributed by atoms with Gasteiger partial charge in [-0.2, -0.15) is 0 Å². The minimum absolute atomic E-state index is 0.273. The molecule has 0 amide bonds. The van der Waals surface area contributed by atoms with E-state index in [1.807, 2.05) is 6.92 Å². The molecule has 0 spiro atoms. The van der Waals surface area contributed by atoms with Crippen LogP contribution in [0.2, 0.25) is 0 Å². The van der Waals surface area contributed by atoms with Gasteiger partial charge in [0.25, 0.3) is 0 Å². The van der Waals surface area contributed by atoms with Crippen molar-refractivity contribution in [3.8, 4) is 0 Å². The van der Waals surface area contributed by atoms with Crippen LogP contribution in [-0.2, 0) is 9.84 Å². The molecule has 0 saturated heterocycles. The summed E-state index contributed by atoms with van der Waals surface area (Å²) in [6, 6.07) is 0.428. The monoisotopic (exact) mass is 221 g/mol. The van der Waals surface area contributed by atoms with E-state index in [9.17, 15) is 8.42 Å². The van der Waals surface area contributed by atoms with Crippen molar-refractivity contribution in [2.24, 2.45) is 0 Å². The van der Waals surface area contributed by atoms with Gasteiger partial charge in [-0.1, -0.05) is 20.3 Å². The normalized spacial score (nSPS) is 14.2. The average Bonchev–Trinajstić information content (AvgIpc) is 2.03. The number of hydrogen-bond acceptors (Lipinski definition) is 3. The zero-order chi connectivity index (χ0) is 11.0. The van der Waals surface area contributed by atoms with Crippen LogP contribution in [0.25, 0.3) is 0 Å². The van der Waals surface area contributed by atoms with Gasteiger partial charge >= 0.3 is 0 Å². The molecular formula is C10H23NO2S. The molecule has 0 aliphatic rings. The molecule has 14 heavy (non-hydrogen) atoms. The molecule has 0 saturated carbocycles. The Morgan fingerprint density at radius 1 is 1.14 bits per heavy atom. The van der Waals surface area contributed by atoms with E-state index >= 15 is 0 Å². The van der Waals surface area contributed by atoms with E-state index in [4.69, 9.17) is 0 Å². The summed E-state index contributed by atoms with van der Waals surface area (Å²) in [4.78, 5) is 0. The highest BCUT2D eigenvalue weighted by atomic mass is 32.2. The zero-order valence-corrected chi connectivity index (χ0v) is 10.4. The van der Waals surface area contributed by atoms with Crippen LogP contribution < -0.4 is 5.32 Å². The highest BCUT2D eigenvalue weighted by Gasteiger charge is 2.09. The van der Waals surface area contributed by atoms with Crippen LogP contribution in [0.1, 0.15) is 40.0 Å². The van der Waals surface area contributed by atoms with Crippen LogP contribution in [0.15, 0.2) is 0 Å². The first-order valence-electron chi connectivity index (χ1n) is 5.45. The summed E-state index contributed by atoms with van der Waals surface area (Å²) in [5.41, 5.74) is 0. The lowest BCUT2D eigenvalue weighted by Crippen LogP contribution is -2.31. The first kappa shape index (κ1) is 13.9. The number of rotatable bonds is 8. The molecule has 3 nitrogen and oxygen atoms in total. The van der Waals surface area contributed by atoms with Gasteiger partial charge in [0.2, 0.25) is 0 Å². The summed E-state index contributed by atoms with van der Waals surface area (Å²) >= 11 is 0. The van der Waals surface area contributed by atoms with Crippen LogP contribution >= 0.6 is 0 Å². The van der Waals surface area contributed by atoms with E-state index in [0.717, 1.165) is 12.8 Å². The lowest BCUT2D eigenvalue weighted by atomic mass is 10.2. The number of hydrogen-bond donors (Lipinski definition) is 1. The van der Waals surface area contributed by atoms with Crippen molar-refractivity contribution < 1.29 is 8.42 Å². The summed E-state index contributed by atoms with van der Waals surface area (Å²) in [7, 11) is -2.80. The highest BCUT2D eigenvalue weighted by Crippen LogP contribution is 1.96. The molecule has 0 rings (SSSR count). The molecule has 0 bridgehead atoms. The topological polar surface area (TPSA) is 46.2 Å². The van der Waals surface area contributed by atoms with Crippen molar-refractivity contribution in [3.63, 3.8) is 0 Å². The standard InChI is InChI=1S/C10H23NO2S/c1-4-6-10(3)11-7-9-14(12,13)8-5-2/h10-11H,4-9H2,1-3H3. The van der Waals surface area contributed by atoms with Gasteiger partial charge in [0, 0.05) is 18.3 Å². The lowest BCUT2D eigenvalue weighted by molar-refractivity contribution is 0.520. The molecule has 0 aromatic heterocycles. The lowest BCUT2D eigenvalue weighted by Gasteiger charge is -2.12. The molecular weight excluding hydrogens is 198 g/mol. The van der Waals surface area contributed by atoms with Gasteiger partial charge in [-0.3, -0.25) is 0 Å². The molecule has 0 radical (unpaired) electrons. The van der Waals surface area contributed by atoms with Crippen molar-refractivity contribution >= 4 is 9.84 Å². The van der Waals surface area contributed by atoms with Gasteiger partial charge in [0.05, 0.1) is 5.75 Å². The Bertz CT molecular complexity index is 224. The molecule has 4 heteroatoms. The second-order valence-corrected chi connectivity index (χ2v) is 6.10. The minimum Gasteiger partial charge on any atom is -0.313 e. The zero-order valence-electron chi connectivity index (χ0n) is 9.54. The quantitative estimate of drug-likeness (QED) is 0.677. The first-order valence-corrected chi connectivity index (χ1v) is 7.27. The van der Waals surface area contributed by atoms with Gasteiger partial charge in [-0.25, -0.2) is 8.42 Å². The summed E-state index contributed by atoms with van der Waals surface area (Å²) in [5, 5.41) is 3.22. The first-order chi connectivity index (χ1) is 6.52. The number of sulfone groups is 1. The van der Waals surface area contributed by atoms with E-state index in [1.165, 1.54) is 0 Å². The summed E-state index contributed by atoms with van der Waals surface area (Å²) in [6.45, 7) is 6.70. The fourth-order valence-corrected chi connectivity index (χ4v) is 2.66. The smallest absolute Gasteiger partial charge is 0.151 e. The third kappa shape index (κ3) is 7.33. The van der Waals surface area contributed by atoms with Gasteiger partial charge in [-0.05, 0) is 19.8 Å². The average molecular weight is 221 g/mol. The van der Waals surface area contributed by atoms with Crippen molar-refractivity contribution in [2.75, 3.05) is 18.1 Å². The number of nitrogens with one attached hydrogen (secondary N) is 1. The van der Waals surface area contributed by atoms with Gasteiger partial charge < -0.3 is 5.32 Å². The maximum Gasteiger partial charge on any atom is 0.151 e. The highest BCUT2D eigenvalue weighted by molar-refractivity contribution is 7.91. The Balaban J connectivity index is 3.63. The van der Waals surface area contributed by atoms with E-state index in [2.05, 4.69) is 19.2 Å². The maximum absolute atomic E-state index is 11.3. The molecule has 0 aromatic carbocycles. The van der Waals surface area contributed by atoms with Crippen molar-refractivity contribution in [1.29, 1.82) is 0 Å². The molecule has 1 atom stereocenters. The molecule has 0 aliphatic carbocycles. The summed E-state index contributed by atoms with van der Waals surface area (Å²) in [6.07, 6.45) is 2.95. The molecule has 0 aromatic rings. The Morgan fingerprint density at radius 2 is 1.79 bits per heavy atom. The predicted molar refractivity (Wildman–Crippen MR) is 61.3 cm³/mol. The van der Waals surface area contributed by atoms with E-state index in [1.54, 1.807) is 0 Å². The van der Waals surface area contributed by atoms with Crippen molar-refractivity contribution in [2.45, 2.75) is 46.1 Å². The van der Waals surface area contributed by atoms with Gasteiger partial charge in [0.1, 0.15) is 0 Å². The third-order valence-electron chi connectivity index (χ3n) is 2.14. The largest absolute Gasteiger partial charge is 0.313 e. The molecule has 0 heterocycles. The van der Waals surface area contributed by atoms with E-state index in [-0.39, 0.29) is 5.75 Å². The van der Waals surface area contributed by atoms with Crippen LogP contribution in [-0.4, -0.2) is 32.5 Å². The van der Waals surface area contributed by atoms with Crippen molar-refractivity contribution in [1.82, 2.24) is 5.32 Å². The fourth-order valence-electron chi connectivity index (χ4n) is 1.41. The Labute approximate surface area is 88.2 Å². The molecule has 86 valence electrons. The Morgan fingerprint density at radius 3 is 2.29 bits per heavy atom. The summed E-state index contributed by atoms with van der Waals surface area (Å²) < 4.78 is 22.7. The molecule has 1 unspecified atom stereocenters. The molecule has 0 aliphatic heterocycles. The SMILES string of the molecule is CCCC(C)NCCS(=O)(=O)CCC. The van der Waals surface area contributed by atoms with Gasteiger partial charge in [0.15, 0.2) is 9.84 Å². The Hall–Kier alpha value is -0.0900. The third-order valence-corrected chi connectivity index (χ3v) is 4.00. The van der Waals surface area contributed by atoms with E-state index in [0.29, 0.717) is 24.8 Å². The van der Waals surface area contributed by atoms with Crippen LogP contribution in [0.4, 0.5) is 0 Å². The van der Waals surface area contributed by atoms with Crippen LogP contribution in [0.5, 0.6) is 0 Å². The fraction of sp³-hybridized carbons (Fsp3) is 1.00. The molecule has 0 fully saturated rings. The summed E-state index contributed by atoms with van der Waals surface area (Å²) in [5.74, 6) is 0.589. The maximum atomic E-state index is 11.3. The second-order valence-electron chi connectivity index (χ2n) is 3.80. The van der Waals surface area contributed by atoms with Crippen LogP contribution in [0, 0.1) is 0 Å². The molecule has 1 N–H and O–H groups in total. The second kappa shape index (κ2) is 7.23. The van der Waals surface area contributed by atoms with E-state index < -0.39 is 9.84 Å². The predicted octanol–water partition coefficient (Wildman–Crippen LogP) is 1.59. The minimum atomic E-state index is -2.80. The van der Waals surface area contributed by atoms with Gasteiger partial charge in [-0.15, -0.1) is 0 Å². The van der Waals surface area contributed by atoms with Crippen molar-refractivity contribution in [3.05, 3.63) is 0 Å².